The van der Waals surface area contributed by atoms with E-state index >= 15 is 0 Å². The third-order valence-electron chi connectivity index (χ3n) is 5.14. The molecular weight excluding hydrogens is 542 g/mol. The molecule has 19 nitrogen and oxygen atoms in total. The number of phosphoric ester groups is 2. The predicted octanol–water partition coefficient (Wildman–Crippen LogP) is -6.06. The van der Waals surface area contributed by atoms with Gasteiger partial charge in [-0.2, -0.15) is 0 Å². The smallest absolute Gasteiger partial charge is 0.330 e. The van der Waals surface area contributed by atoms with E-state index in [0.29, 0.717) is 4.57 Å². The fourth-order valence-electron chi connectivity index (χ4n) is 3.34. The van der Waals surface area contributed by atoms with Gasteiger partial charge in [-0.1, -0.05) is 0 Å². The van der Waals surface area contributed by atoms with Crippen molar-refractivity contribution in [3.05, 3.63) is 33.1 Å². The van der Waals surface area contributed by atoms with Crippen LogP contribution in [0, 0.1) is 0 Å². The van der Waals surface area contributed by atoms with Gasteiger partial charge in [0.1, 0.15) is 42.7 Å². The van der Waals surface area contributed by atoms with Crippen molar-refractivity contribution in [3.8, 4) is 0 Å². The average Bonchev–Trinajstić information content (AvgIpc) is 3.06. The van der Waals surface area contributed by atoms with Gasteiger partial charge in [0.15, 0.2) is 12.5 Å². The van der Waals surface area contributed by atoms with Crippen LogP contribution < -0.4 is 21.0 Å². The highest BCUT2D eigenvalue weighted by molar-refractivity contribution is 7.59. The summed E-state index contributed by atoms with van der Waals surface area (Å²) in [6.45, 7) is -2.05. The summed E-state index contributed by atoms with van der Waals surface area (Å²) in [6, 6.07) is 0.911. The van der Waals surface area contributed by atoms with Crippen molar-refractivity contribution in [1.29, 1.82) is 0 Å². The second-order valence-corrected chi connectivity index (χ2v) is 10.5. The van der Waals surface area contributed by atoms with Crippen molar-refractivity contribution in [2.75, 3.05) is 13.2 Å². The number of nitrogens with one attached hydrogen (secondary N) is 1. The lowest BCUT2D eigenvalue weighted by molar-refractivity contribution is -0.305. The minimum atomic E-state index is -5.90. The fourth-order valence-corrected chi connectivity index (χ4v) is 5.42. The number of rotatable bonds is 9. The van der Waals surface area contributed by atoms with Crippen LogP contribution in [-0.4, -0.2) is 102 Å². The number of aliphatic hydroxyl groups is 6. The Morgan fingerprint density at radius 2 is 1.58 bits per heavy atom. The Morgan fingerprint density at radius 3 is 2.19 bits per heavy atom. The van der Waals surface area contributed by atoms with Crippen LogP contribution in [0.2, 0.25) is 0 Å². The number of aromatic amines is 1. The van der Waals surface area contributed by atoms with Crippen LogP contribution in [-0.2, 0) is 32.0 Å². The Hall–Kier alpha value is -1.38. The molecule has 3 rings (SSSR count). The highest BCUT2D eigenvalue weighted by Crippen LogP contribution is 2.57. The molecule has 0 aromatic carbocycles. The quantitative estimate of drug-likeness (QED) is 0.137. The molecule has 36 heavy (non-hydrogen) atoms. The molecule has 1 aromatic rings. The number of H-pyrrole nitrogens is 1. The number of hydrogen-bond donors (Lipinski definition) is 7. The summed E-state index contributed by atoms with van der Waals surface area (Å²) in [5.74, 6) is 0. The zero-order valence-electron chi connectivity index (χ0n) is 17.8. The molecule has 0 aliphatic carbocycles. The molecule has 206 valence electrons. The molecule has 21 heteroatoms. The average molecular weight is 564 g/mol. The Bertz CT molecular complexity index is 1120. The summed E-state index contributed by atoms with van der Waals surface area (Å²) in [6.07, 6.45) is -15.8. The van der Waals surface area contributed by atoms with Crippen molar-refractivity contribution in [2.45, 2.75) is 55.2 Å². The molecule has 2 aliphatic rings. The van der Waals surface area contributed by atoms with Gasteiger partial charge in [-0.25, -0.2) is 9.11 Å². The van der Waals surface area contributed by atoms with E-state index in [1.165, 1.54) is 0 Å². The Balaban J connectivity index is 1.61. The van der Waals surface area contributed by atoms with Crippen LogP contribution in [0.5, 0.6) is 0 Å². The summed E-state index contributed by atoms with van der Waals surface area (Å²) >= 11 is 0. The van der Waals surface area contributed by atoms with Crippen LogP contribution in [0.4, 0.5) is 0 Å². The van der Waals surface area contributed by atoms with Crippen molar-refractivity contribution >= 4 is 15.6 Å². The Morgan fingerprint density at radius 1 is 0.944 bits per heavy atom. The van der Waals surface area contributed by atoms with Crippen LogP contribution in [0.15, 0.2) is 21.9 Å². The molecule has 2 saturated heterocycles. The molecule has 2 unspecified atom stereocenters. The van der Waals surface area contributed by atoms with E-state index in [1.807, 2.05) is 4.98 Å². The van der Waals surface area contributed by atoms with Gasteiger partial charge in [-0.15, -0.1) is 0 Å². The first-order valence-corrected chi connectivity index (χ1v) is 12.9. The summed E-state index contributed by atoms with van der Waals surface area (Å²) in [4.78, 5) is 48.9. The molecule has 0 saturated carbocycles. The minimum absolute atomic E-state index is 0.697. The molecule has 1 aromatic heterocycles. The van der Waals surface area contributed by atoms with Crippen molar-refractivity contribution < 1.29 is 72.4 Å². The second-order valence-electron chi connectivity index (χ2n) is 7.64. The summed E-state index contributed by atoms with van der Waals surface area (Å²) in [5, 5.41) is 58.4. The zero-order chi connectivity index (χ0) is 27.0. The van der Waals surface area contributed by atoms with Crippen LogP contribution in [0.25, 0.3) is 0 Å². The van der Waals surface area contributed by atoms with Crippen molar-refractivity contribution in [2.24, 2.45) is 0 Å². The maximum absolute atomic E-state index is 12.0. The van der Waals surface area contributed by atoms with E-state index in [9.17, 15) is 54.0 Å². The number of hydrogen-bond acceptors (Lipinski definition) is 17. The first kappa shape index (κ1) is 29.2. The van der Waals surface area contributed by atoms with E-state index in [0.717, 1.165) is 12.3 Å². The van der Waals surface area contributed by atoms with Crippen LogP contribution in [0.3, 0.4) is 0 Å². The van der Waals surface area contributed by atoms with Crippen LogP contribution in [0.1, 0.15) is 6.23 Å². The third kappa shape index (κ3) is 6.54. The molecular formula is C15H22N2O17P2-2. The highest BCUT2D eigenvalue weighted by Gasteiger charge is 2.47. The Labute approximate surface area is 199 Å². The van der Waals surface area contributed by atoms with Gasteiger partial charge in [0.2, 0.25) is 0 Å². The minimum Gasteiger partial charge on any atom is -0.756 e. The normalized spacial score (nSPS) is 38.4. The van der Waals surface area contributed by atoms with E-state index in [4.69, 9.17) is 14.6 Å². The first-order valence-electron chi connectivity index (χ1n) is 9.96. The Kier molecular flexibility index (Phi) is 9.05. The lowest BCUT2D eigenvalue weighted by atomic mass is 10.00. The predicted molar refractivity (Wildman–Crippen MR) is 104 cm³/mol. The van der Waals surface area contributed by atoms with E-state index < -0.39 is 95.4 Å². The second kappa shape index (κ2) is 11.2. The van der Waals surface area contributed by atoms with E-state index in [1.54, 1.807) is 0 Å². The number of aromatic nitrogens is 2. The van der Waals surface area contributed by atoms with Crippen LogP contribution >= 0.6 is 15.6 Å². The van der Waals surface area contributed by atoms with E-state index in [2.05, 4.69) is 13.4 Å². The first-order chi connectivity index (χ1) is 16.7. The highest BCUT2D eigenvalue weighted by atomic mass is 31.3. The molecule has 0 amide bonds. The molecule has 0 bridgehead atoms. The monoisotopic (exact) mass is 564 g/mol. The number of ether oxygens (including phenoxy) is 2. The van der Waals surface area contributed by atoms with Crippen molar-refractivity contribution in [3.63, 3.8) is 0 Å². The number of aliphatic hydroxyl groups excluding tert-OH is 6. The number of phosphoric acid groups is 2. The van der Waals surface area contributed by atoms with Gasteiger partial charge in [-0.05, 0) is 0 Å². The maximum Gasteiger partial charge on any atom is 0.330 e. The SMILES string of the molecule is O=c1ccn([C@@H]2O[C@H](COP(=O)([O-])OP(=O)([O-])O[C@@H]3O[C@H](CO)[C@@H](O)[C@H](O)[C@H]3O)[C@@H](O)[C@H]2O)c(=O)[nH]1. The third-order valence-corrected chi connectivity index (χ3v) is 7.67. The van der Waals surface area contributed by atoms with Gasteiger partial charge in [0, 0.05) is 12.3 Å². The largest absolute Gasteiger partial charge is 0.756 e. The lowest BCUT2D eigenvalue weighted by Crippen LogP contribution is -2.59. The topological polar surface area (TPSA) is 303 Å². The van der Waals surface area contributed by atoms with Gasteiger partial charge in [0.05, 0.1) is 13.2 Å². The number of nitrogens with zero attached hydrogens (tertiary/aromatic N) is 1. The zero-order valence-corrected chi connectivity index (χ0v) is 19.6. The molecule has 2 aliphatic heterocycles. The van der Waals surface area contributed by atoms with Gasteiger partial charge < -0.3 is 54.4 Å². The molecule has 0 radical (unpaired) electrons. The standard InChI is InChI=1S/C15H24N2O17P2/c18-3-5-8(20)10(22)12(24)14(32-5)33-36(28,29)34-35(26,27)30-4-6-9(21)11(23)13(31-6)17-2-1-7(19)16-15(17)25/h1-2,5-6,8-14,18,20-24H,3-4H2,(H,26,27)(H,28,29)(H,16,19,25)/p-2/t5-,6-,8-,9-,10+,11-,12-,13-,14+/m1/s1. The lowest BCUT2D eigenvalue weighted by Gasteiger charge is -2.41. The molecule has 2 fully saturated rings. The maximum atomic E-state index is 12.0. The van der Waals surface area contributed by atoms with Crippen molar-refractivity contribution in [1.82, 2.24) is 9.55 Å². The summed E-state index contributed by atoms with van der Waals surface area (Å²) in [7, 11) is -11.7. The summed E-state index contributed by atoms with van der Waals surface area (Å²) < 4.78 is 47.1. The molecule has 7 N–H and O–H groups in total. The molecule has 0 spiro atoms. The van der Waals surface area contributed by atoms with Gasteiger partial charge >= 0.3 is 5.69 Å². The van der Waals surface area contributed by atoms with E-state index in [-0.39, 0.29) is 0 Å². The van der Waals surface area contributed by atoms with Gasteiger partial charge in [-0.3, -0.25) is 28.0 Å². The fraction of sp³-hybridized carbons (Fsp3) is 0.733. The molecule has 11 atom stereocenters. The van der Waals surface area contributed by atoms with Gasteiger partial charge in [0.25, 0.3) is 21.2 Å². The summed E-state index contributed by atoms with van der Waals surface area (Å²) in [5.41, 5.74) is -1.78. The molecule has 3 heterocycles.